The molecule has 17 heavy (non-hydrogen) atoms. The van der Waals surface area contributed by atoms with Gasteiger partial charge in [0.1, 0.15) is 5.75 Å². The molecule has 0 spiro atoms. The smallest absolute Gasteiger partial charge is 0.240 e. The summed E-state index contributed by atoms with van der Waals surface area (Å²) in [6, 6.07) is 6.26. The molecule has 0 amide bonds. The van der Waals surface area contributed by atoms with E-state index in [9.17, 15) is 8.42 Å². The summed E-state index contributed by atoms with van der Waals surface area (Å²) in [7, 11) is -1.91. The van der Waals surface area contributed by atoms with E-state index in [0.717, 1.165) is 0 Å². The van der Waals surface area contributed by atoms with Gasteiger partial charge in [0, 0.05) is 6.54 Å². The second-order valence-electron chi connectivity index (χ2n) is 3.91. The van der Waals surface area contributed by atoms with Crippen LogP contribution in [0.4, 0.5) is 0 Å². The van der Waals surface area contributed by atoms with E-state index in [-0.39, 0.29) is 17.1 Å². The van der Waals surface area contributed by atoms with Crippen LogP contribution in [-0.2, 0) is 14.8 Å². The van der Waals surface area contributed by atoms with E-state index in [1.165, 1.54) is 19.2 Å². The Labute approximate surface area is 101 Å². The Balaban J connectivity index is 2.02. The van der Waals surface area contributed by atoms with Gasteiger partial charge >= 0.3 is 0 Å². The Kier molecular flexibility index (Phi) is 3.37. The lowest BCUT2D eigenvalue weighted by atomic mass is 10.3. The summed E-state index contributed by atoms with van der Waals surface area (Å²) >= 11 is 0. The van der Waals surface area contributed by atoms with Crippen molar-refractivity contribution >= 4 is 10.0 Å². The van der Waals surface area contributed by atoms with Crippen LogP contribution in [0.15, 0.2) is 29.2 Å². The molecule has 1 aliphatic heterocycles. The first-order valence-electron chi connectivity index (χ1n) is 5.32. The Morgan fingerprint density at radius 3 is 2.41 bits per heavy atom. The van der Waals surface area contributed by atoms with Crippen molar-refractivity contribution in [3.8, 4) is 5.75 Å². The van der Waals surface area contributed by atoms with Crippen molar-refractivity contribution in [2.24, 2.45) is 0 Å². The van der Waals surface area contributed by atoms with Gasteiger partial charge in [-0.1, -0.05) is 0 Å². The lowest BCUT2D eigenvalue weighted by Crippen LogP contribution is -2.28. The molecule has 1 saturated heterocycles. The van der Waals surface area contributed by atoms with Gasteiger partial charge in [-0.3, -0.25) is 0 Å². The molecule has 1 aromatic carbocycles. The highest BCUT2D eigenvalue weighted by molar-refractivity contribution is 7.89. The summed E-state index contributed by atoms with van der Waals surface area (Å²) in [5.41, 5.74) is 0. The highest BCUT2D eigenvalue weighted by Crippen LogP contribution is 2.21. The van der Waals surface area contributed by atoms with Crippen LogP contribution in [-0.4, -0.2) is 34.3 Å². The summed E-state index contributed by atoms with van der Waals surface area (Å²) in [6.07, 6.45) is 0.150. The van der Waals surface area contributed by atoms with E-state index < -0.39 is 10.0 Å². The van der Waals surface area contributed by atoms with Crippen molar-refractivity contribution in [2.45, 2.75) is 24.0 Å². The van der Waals surface area contributed by atoms with Gasteiger partial charge in [-0.15, -0.1) is 0 Å². The first kappa shape index (κ1) is 12.3. The zero-order chi connectivity index (χ0) is 12.5. The minimum atomic E-state index is -3.45. The zero-order valence-corrected chi connectivity index (χ0v) is 10.5. The second-order valence-corrected chi connectivity index (χ2v) is 5.67. The molecule has 2 rings (SSSR count). The molecule has 0 radical (unpaired) electrons. The molecule has 1 heterocycles. The molecule has 0 aromatic heterocycles. The van der Waals surface area contributed by atoms with Gasteiger partial charge < -0.3 is 9.47 Å². The predicted molar refractivity (Wildman–Crippen MR) is 62.5 cm³/mol. The van der Waals surface area contributed by atoms with Gasteiger partial charge in [-0.2, -0.15) is 0 Å². The molecule has 2 atom stereocenters. The van der Waals surface area contributed by atoms with Crippen LogP contribution in [0.2, 0.25) is 0 Å². The average molecular weight is 257 g/mol. The van der Waals surface area contributed by atoms with Crippen LogP contribution in [0.5, 0.6) is 5.75 Å². The number of ether oxygens (including phenoxy) is 2. The van der Waals surface area contributed by atoms with Gasteiger partial charge in [0.15, 0.2) is 0 Å². The van der Waals surface area contributed by atoms with E-state index in [1.54, 1.807) is 12.1 Å². The largest absolute Gasteiger partial charge is 0.497 e. The normalized spacial score (nSPS) is 23.4. The van der Waals surface area contributed by atoms with Crippen LogP contribution in [0.3, 0.4) is 0 Å². The third-order valence-corrected chi connectivity index (χ3v) is 4.12. The van der Waals surface area contributed by atoms with Gasteiger partial charge in [0.25, 0.3) is 0 Å². The van der Waals surface area contributed by atoms with Crippen LogP contribution in [0, 0.1) is 0 Å². The van der Waals surface area contributed by atoms with Crippen molar-refractivity contribution in [2.75, 3.05) is 13.7 Å². The van der Waals surface area contributed by atoms with Crippen molar-refractivity contribution in [3.05, 3.63) is 24.3 Å². The standard InChI is InChI=1S/C11H15NO4S/c1-8-11(16-8)7-12-17(13,14)10-5-3-9(15-2)4-6-10/h3-6,8,11-12H,7H2,1-2H3. The molecule has 1 aliphatic rings. The summed E-state index contributed by atoms with van der Waals surface area (Å²) in [5.74, 6) is 0.628. The third kappa shape index (κ3) is 2.96. The minimum Gasteiger partial charge on any atom is -0.497 e. The predicted octanol–water partition coefficient (Wildman–Crippen LogP) is 0.761. The van der Waals surface area contributed by atoms with Crippen LogP contribution in [0.1, 0.15) is 6.92 Å². The van der Waals surface area contributed by atoms with E-state index in [1.807, 2.05) is 6.92 Å². The first-order chi connectivity index (χ1) is 8.03. The molecule has 0 aliphatic carbocycles. The van der Waals surface area contributed by atoms with Gasteiger partial charge in [0.05, 0.1) is 24.2 Å². The Hall–Kier alpha value is -1.11. The topological polar surface area (TPSA) is 67.9 Å². The van der Waals surface area contributed by atoms with Crippen molar-refractivity contribution in [1.82, 2.24) is 4.72 Å². The molecular weight excluding hydrogens is 242 g/mol. The van der Waals surface area contributed by atoms with Crippen molar-refractivity contribution in [3.63, 3.8) is 0 Å². The van der Waals surface area contributed by atoms with E-state index in [4.69, 9.17) is 9.47 Å². The van der Waals surface area contributed by atoms with Crippen molar-refractivity contribution in [1.29, 1.82) is 0 Å². The van der Waals surface area contributed by atoms with E-state index >= 15 is 0 Å². The number of hydrogen-bond acceptors (Lipinski definition) is 4. The van der Waals surface area contributed by atoms with Crippen LogP contribution >= 0.6 is 0 Å². The Morgan fingerprint density at radius 2 is 1.94 bits per heavy atom. The fourth-order valence-electron chi connectivity index (χ4n) is 1.47. The molecule has 5 nitrogen and oxygen atoms in total. The fourth-order valence-corrected chi connectivity index (χ4v) is 2.52. The lowest BCUT2D eigenvalue weighted by Gasteiger charge is -2.06. The maximum Gasteiger partial charge on any atom is 0.240 e. The highest BCUT2D eigenvalue weighted by atomic mass is 32.2. The maximum atomic E-state index is 11.9. The molecule has 1 N–H and O–H groups in total. The van der Waals surface area contributed by atoms with Crippen LogP contribution in [0.25, 0.3) is 0 Å². The molecule has 1 aromatic rings. The van der Waals surface area contributed by atoms with E-state index in [2.05, 4.69) is 4.72 Å². The molecule has 2 unspecified atom stereocenters. The number of benzene rings is 1. The second kappa shape index (κ2) is 4.64. The third-order valence-electron chi connectivity index (χ3n) is 2.68. The van der Waals surface area contributed by atoms with E-state index in [0.29, 0.717) is 12.3 Å². The number of epoxide rings is 1. The zero-order valence-electron chi connectivity index (χ0n) is 9.71. The van der Waals surface area contributed by atoms with Gasteiger partial charge in [-0.05, 0) is 31.2 Å². The number of hydrogen-bond donors (Lipinski definition) is 1. The Morgan fingerprint density at radius 1 is 1.35 bits per heavy atom. The summed E-state index contributed by atoms with van der Waals surface area (Å²) in [6.45, 7) is 2.22. The summed E-state index contributed by atoms with van der Waals surface area (Å²) in [4.78, 5) is 0.228. The molecular formula is C11H15NO4S. The first-order valence-corrected chi connectivity index (χ1v) is 6.80. The Bertz CT molecular complexity index is 483. The number of nitrogens with one attached hydrogen (secondary N) is 1. The summed E-state index contributed by atoms with van der Waals surface area (Å²) in [5, 5.41) is 0. The average Bonchev–Trinajstić information content (AvgIpc) is 3.03. The summed E-state index contributed by atoms with van der Waals surface area (Å²) < 4.78 is 36.3. The van der Waals surface area contributed by atoms with Gasteiger partial charge in [-0.25, -0.2) is 13.1 Å². The lowest BCUT2D eigenvalue weighted by molar-refractivity contribution is 0.377. The minimum absolute atomic E-state index is 0.00280. The number of methoxy groups -OCH3 is 1. The fraction of sp³-hybridized carbons (Fsp3) is 0.455. The number of rotatable bonds is 5. The molecule has 6 heteroatoms. The highest BCUT2D eigenvalue weighted by Gasteiger charge is 2.34. The molecule has 0 bridgehead atoms. The maximum absolute atomic E-state index is 11.9. The van der Waals surface area contributed by atoms with Crippen molar-refractivity contribution < 1.29 is 17.9 Å². The van der Waals surface area contributed by atoms with Crippen LogP contribution < -0.4 is 9.46 Å². The number of sulfonamides is 1. The SMILES string of the molecule is COc1ccc(S(=O)(=O)NCC2OC2C)cc1. The molecule has 0 saturated carbocycles. The molecule has 1 fully saturated rings. The monoisotopic (exact) mass is 257 g/mol. The quantitative estimate of drug-likeness (QED) is 0.791. The molecule has 94 valence electrons. The van der Waals surface area contributed by atoms with Gasteiger partial charge in [0.2, 0.25) is 10.0 Å².